The van der Waals surface area contributed by atoms with Crippen molar-refractivity contribution in [2.45, 2.75) is 26.9 Å². The van der Waals surface area contributed by atoms with E-state index in [9.17, 15) is 4.79 Å². The van der Waals surface area contributed by atoms with Crippen LogP contribution in [0.5, 0.6) is 5.75 Å². The van der Waals surface area contributed by atoms with E-state index < -0.39 is 0 Å². The Labute approximate surface area is 152 Å². The molecule has 1 aromatic heterocycles. The first-order chi connectivity index (χ1) is 12.7. The van der Waals surface area contributed by atoms with Gasteiger partial charge in [0.1, 0.15) is 12.4 Å². The van der Waals surface area contributed by atoms with Gasteiger partial charge >= 0.3 is 0 Å². The van der Waals surface area contributed by atoms with Gasteiger partial charge in [-0.3, -0.25) is 4.79 Å². The fraction of sp³-hybridized carbons (Fsp3) is 0.238. The Balaban J connectivity index is 1.75. The summed E-state index contributed by atoms with van der Waals surface area (Å²) in [4.78, 5) is 15.0. The third-order valence-electron chi connectivity index (χ3n) is 4.72. The topological polar surface area (TPSA) is 55.6 Å². The van der Waals surface area contributed by atoms with Crippen molar-refractivity contribution in [2.24, 2.45) is 0 Å². The minimum Gasteiger partial charge on any atom is -0.488 e. The first-order valence-corrected chi connectivity index (χ1v) is 8.85. The minimum absolute atomic E-state index is 0.165. The molecule has 0 bridgehead atoms. The lowest BCUT2D eigenvalue weighted by atomic mass is 10.0. The van der Waals surface area contributed by atoms with Gasteiger partial charge in [-0.15, -0.1) is 0 Å². The molecule has 1 amide bonds. The SMILES string of the molecule is CCc1ccccc1N(CC)C(=O)c1noc2c1COc1ccccc1-2. The van der Waals surface area contributed by atoms with Crippen molar-refractivity contribution in [3.63, 3.8) is 0 Å². The van der Waals surface area contributed by atoms with Gasteiger partial charge in [0.25, 0.3) is 5.91 Å². The summed E-state index contributed by atoms with van der Waals surface area (Å²) in [6.07, 6.45) is 0.855. The molecule has 4 rings (SSSR count). The summed E-state index contributed by atoms with van der Waals surface area (Å²) in [6, 6.07) is 15.6. The smallest absolute Gasteiger partial charge is 0.280 e. The summed E-state index contributed by atoms with van der Waals surface area (Å²) in [5.74, 6) is 1.20. The fourth-order valence-electron chi connectivity index (χ4n) is 3.38. The number of nitrogens with zero attached hydrogens (tertiary/aromatic N) is 2. The molecule has 1 aliphatic heterocycles. The lowest BCUT2D eigenvalue weighted by Crippen LogP contribution is -2.32. The molecule has 2 aromatic carbocycles. The average molecular weight is 348 g/mol. The van der Waals surface area contributed by atoms with Crippen molar-refractivity contribution >= 4 is 11.6 Å². The van der Waals surface area contributed by atoms with Crippen LogP contribution in [0.1, 0.15) is 35.5 Å². The average Bonchev–Trinajstić information content (AvgIpc) is 3.13. The Morgan fingerprint density at radius 3 is 2.69 bits per heavy atom. The highest BCUT2D eigenvalue weighted by Gasteiger charge is 2.31. The lowest BCUT2D eigenvalue weighted by Gasteiger charge is -2.23. The number of anilines is 1. The highest BCUT2D eigenvalue weighted by atomic mass is 16.5. The first kappa shape index (κ1) is 16.4. The van der Waals surface area contributed by atoms with E-state index in [0.29, 0.717) is 23.6 Å². The normalized spacial score (nSPS) is 12.1. The van der Waals surface area contributed by atoms with Crippen molar-refractivity contribution < 1.29 is 14.1 Å². The molecule has 0 radical (unpaired) electrons. The van der Waals surface area contributed by atoms with Crippen LogP contribution in [0.3, 0.4) is 0 Å². The van der Waals surface area contributed by atoms with Crippen LogP contribution in [0.15, 0.2) is 53.1 Å². The maximum atomic E-state index is 13.2. The number of rotatable bonds is 4. The Hall–Kier alpha value is -3.08. The molecule has 132 valence electrons. The van der Waals surface area contributed by atoms with Gasteiger partial charge in [0.2, 0.25) is 0 Å². The number of hydrogen-bond donors (Lipinski definition) is 0. The van der Waals surface area contributed by atoms with E-state index in [1.54, 1.807) is 4.90 Å². The predicted molar refractivity (Wildman–Crippen MR) is 99.4 cm³/mol. The van der Waals surface area contributed by atoms with Crippen LogP contribution in [-0.2, 0) is 13.0 Å². The fourth-order valence-corrected chi connectivity index (χ4v) is 3.38. The molecule has 3 aromatic rings. The Kier molecular flexibility index (Phi) is 4.21. The third-order valence-corrected chi connectivity index (χ3v) is 4.72. The quantitative estimate of drug-likeness (QED) is 0.698. The number of aryl methyl sites for hydroxylation is 1. The Bertz CT molecular complexity index is 961. The minimum atomic E-state index is -0.165. The molecular weight excluding hydrogens is 328 g/mol. The molecule has 0 fully saturated rings. The van der Waals surface area contributed by atoms with E-state index in [4.69, 9.17) is 9.26 Å². The van der Waals surface area contributed by atoms with Gasteiger partial charge in [0, 0.05) is 12.2 Å². The van der Waals surface area contributed by atoms with Crippen LogP contribution in [0.4, 0.5) is 5.69 Å². The maximum Gasteiger partial charge on any atom is 0.280 e. The summed E-state index contributed by atoms with van der Waals surface area (Å²) < 4.78 is 11.3. The molecule has 5 nitrogen and oxygen atoms in total. The number of carbonyl (C=O) groups excluding carboxylic acids is 1. The van der Waals surface area contributed by atoms with Crippen molar-refractivity contribution in [1.82, 2.24) is 5.16 Å². The van der Waals surface area contributed by atoms with E-state index >= 15 is 0 Å². The zero-order valence-electron chi connectivity index (χ0n) is 14.9. The molecule has 0 saturated heterocycles. The van der Waals surface area contributed by atoms with Gasteiger partial charge in [0.05, 0.1) is 11.1 Å². The summed E-state index contributed by atoms with van der Waals surface area (Å²) in [5.41, 5.74) is 3.90. The van der Waals surface area contributed by atoms with Crippen LogP contribution in [0.25, 0.3) is 11.3 Å². The van der Waals surface area contributed by atoms with Crippen molar-refractivity contribution in [1.29, 1.82) is 0 Å². The largest absolute Gasteiger partial charge is 0.488 e. The summed E-state index contributed by atoms with van der Waals surface area (Å²) in [7, 11) is 0. The molecular formula is C21H20N2O3. The van der Waals surface area contributed by atoms with E-state index in [0.717, 1.165) is 29.0 Å². The molecule has 0 saturated carbocycles. The molecule has 0 unspecified atom stereocenters. The van der Waals surface area contributed by atoms with Gasteiger partial charge in [-0.05, 0) is 37.1 Å². The van der Waals surface area contributed by atoms with Gasteiger partial charge in [-0.2, -0.15) is 0 Å². The van der Waals surface area contributed by atoms with E-state index in [-0.39, 0.29) is 12.5 Å². The van der Waals surface area contributed by atoms with Crippen LogP contribution in [0, 0.1) is 0 Å². The number of aromatic nitrogens is 1. The predicted octanol–water partition coefficient (Wildman–Crippen LogP) is 4.46. The summed E-state index contributed by atoms with van der Waals surface area (Å²) in [6.45, 7) is 4.88. The standard InChI is InChI=1S/C21H20N2O3/c1-3-14-9-5-7-11-17(14)23(4-2)21(24)19-16-13-25-18-12-8-6-10-15(18)20(16)26-22-19/h5-12H,3-4,13H2,1-2H3. The number of ether oxygens (including phenoxy) is 1. The summed E-state index contributed by atoms with van der Waals surface area (Å²) >= 11 is 0. The van der Waals surface area contributed by atoms with Gasteiger partial charge in [0.15, 0.2) is 11.5 Å². The third kappa shape index (κ3) is 2.56. The van der Waals surface area contributed by atoms with Crippen LogP contribution in [0.2, 0.25) is 0 Å². The molecule has 0 atom stereocenters. The number of amides is 1. The van der Waals surface area contributed by atoms with E-state index in [1.807, 2.05) is 55.5 Å². The van der Waals surface area contributed by atoms with E-state index in [1.165, 1.54) is 0 Å². The molecule has 1 aliphatic rings. The van der Waals surface area contributed by atoms with Crippen molar-refractivity contribution in [2.75, 3.05) is 11.4 Å². The highest BCUT2D eigenvalue weighted by Crippen LogP contribution is 2.39. The zero-order chi connectivity index (χ0) is 18.1. The number of fused-ring (bicyclic) bond motifs is 3. The molecule has 0 spiro atoms. The number of para-hydroxylation sites is 2. The zero-order valence-corrected chi connectivity index (χ0v) is 14.9. The van der Waals surface area contributed by atoms with Gasteiger partial charge in [-0.25, -0.2) is 0 Å². The Morgan fingerprint density at radius 1 is 1.12 bits per heavy atom. The monoisotopic (exact) mass is 348 g/mol. The van der Waals surface area contributed by atoms with Gasteiger partial charge < -0.3 is 14.2 Å². The van der Waals surface area contributed by atoms with Crippen LogP contribution < -0.4 is 9.64 Å². The number of carbonyl (C=O) groups is 1. The summed E-state index contributed by atoms with van der Waals surface area (Å²) in [5, 5.41) is 4.10. The molecule has 2 heterocycles. The lowest BCUT2D eigenvalue weighted by molar-refractivity contribution is 0.0977. The molecule has 0 aliphatic carbocycles. The van der Waals surface area contributed by atoms with Crippen LogP contribution in [-0.4, -0.2) is 17.6 Å². The molecule has 0 N–H and O–H groups in total. The van der Waals surface area contributed by atoms with Gasteiger partial charge in [-0.1, -0.05) is 42.4 Å². The second-order valence-electron chi connectivity index (χ2n) is 6.16. The first-order valence-electron chi connectivity index (χ1n) is 8.85. The second-order valence-corrected chi connectivity index (χ2v) is 6.16. The van der Waals surface area contributed by atoms with Crippen molar-refractivity contribution in [3.8, 4) is 17.1 Å². The highest BCUT2D eigenvalue weighted by molar-refractivity contribution is 6.07. The number of benzene rings is 2. The van der Waals surface area contributed by atoms with Crippen LogP contribution >= 0.6 is 0 Å². The molecule has 5 heteroatoms. The Morgan fingerprint density at radius 2 is 1.88 bits per heavy atom. The second kappa shape index (κ2) is 6.67. The molecule has 26 heavy (non-hydrogen) atoms. The number of hydrogen-bond acceptors (Lipinski definition) is 4. The maximum absolute atomic E-state index is 13.2. The van der Waals surface area contributed by atoms with E-state index in [2.05, 4.69) is 12.1 Å². The van der Waals surface area contributed by atoms with Crippen molar-refractivity contribution in [3.05, 3.63) is 65.4 Å².